The Morgan fingerprint density at radius 3 is 2.39 bits per heavy atom. The lowest BCUT2D eigenvalue weighted by molar-refractivity contribution is 0.0648. The maximum atomic E-state index is 13.5. The van der Waals surface area contributed by atoms with E-state index in [9.17, 15) is 4.79 Å². The molecule has 28 heavy (non-hydrogen) atoms. The molecule has 3 nitrogen and oxygen atoms in total. The van der Waals surface area contributed by atoms with E-state index in [1.54, 1.807) is 17.0 Å². The lowest BCUT2D eigenvalue weighted by atomic mass is 9.88. The molecule has 1 amide bonds. The van der Waals surface area contributed by atoms with Crippen molar-refractivity contribution >= 4 is 52.0 Å². The van der Waals surface area contributed by atoms with Gasteiger partial charge in [0.2, 0.25) is 0 Å². The molecule has 1 spiro atoms. The van der Waals surface area contributed by atoms with E-state index >= 15 is 0 Å². The number of thiocarbonyl (C=S) groups is 1. The predicted molar refractivity (Wildman–Crippen MR) is 119 cm³/mol. The number of rotatable bonds is 2. The molecule has 0 unspecified atom stereocenters. The van der Waals surface area contributed by atoms with Gasteiger partial charge in [-0.15, -0.1) is 0 Å². The molecule has 1 heterocycles. The Balaban J connectivity index is 1.79. The third-order valence-electron chi connectivity index (χ3n) is 5.48. The van der Waals surface area contributed by atoms with Crippen molar-refractivity contribution < 1.29 is 4.79 Å². The zero-order valence-electron chi connectivity index (χ0n) is 15.5. The lowest BCUT2D eigenvalue weighted by Crippen LogP contribution is -2.50. The number of hydrogen-bond acceptors (Lipinski definition) is 3. The molecule has 2 aliphatic rings. The zero-order chi connectivity index (χ0) is 19.9. The molecule has 1 aliphatic heterocycles. The minimum absolute atomic E-state index is 0.101. The van der Waals surface area contributed by atoms with Crippen molar-refractivity contribution in [3.8, 4) is 0 Å². The largest absolute Gasteiger partial charge is 0.271 e. The van der Waals surface area contributed by atoms with E-state index in [1.807, 2.05) is 37.3 Å². The summed E-state index contributed by atoms with van der Waals surface area (Å²) in [5.74, 6) is -0.101. The second-order valence-electron chi connectivity index (χ2n) is 7.44. The summed E-state index contributed by atoms with van der Waals surface area (Å²) in [5.41, 5.74) is 2.45. The fourth-order valence-corrected chi connectivity index (χ4v) is 4.92. The lowest BCUT2D eigenvalue weighted by Gasteiger charge is -2.38. The van der Waals surface area contributed by atoms with Crippen LogP contribution in [0.15, 0.2) is 47.5 Å². The molecular formula is C22H20Cl2N2OS. The molecule has 2 aromatic carbocycles. The third kappa shape index (κ3) is 3.38. The highest BCUT2D eigenvalue weighted by atomic mass is 35.5. The molecule has 0 bridgehead atoms. The Labute approximate surface area is 180 Å². The first-order valence-corrected chi connectivity index (χ1v) is 10.6. The average Bonchev–Trinajstić information content (AvgIpc) is 2.94. The second-order valence-corrected chi connectivity index (χ2v) is 8.67. The Bertz CT molecular complexity index is 979. The molecular weight excluding hydrogens is 411 g/mol. The maximum Gasteiger partial charge on any atom is 0.260 e. The van der Waals surface area contributed by atoms with Crippen LogP contribution in [0, 0.1) is 6.92 Å². The van der Waals surface area contributed by atoms with Crippen LogP contribution in [0.4, 0.5) is 0 Å². The van der Waals surface area contributed by atoms with Gasteiger partial charge in [0.15, 0.2) is 0 Å². The Morgan fingerprint density at radius 2 is 1.75 bits per heavy atom. The van der Waals surface area contributed by atoms with E-state index in [0.717, 1.165) is 43.2 Å². The number of halogens is 2. The van der Waals surface area contributed by atoms with Crippen molar-refractivity contribution in [3.05, 3.63) is 69.2 Å². The van der Waals surface area contributed by atoms with Crippen molar-refractivity contribution in [1.82, 2.24) is 4.90 Å². The summed E-state index contributed by atoms with van der Waals surface area (Å²) in [5, 5.41) is 1.04. The minimum atomic E-state index is -0.615. The van der Waals surface area contributed by atoms with E-state index in [1.165, 1.54) is 0 Å². The summed E-state index contributed by atoms with van der Waals surface area (Å²) < 4.78 is 0. The van der Waals surface area contributed by atoms with Gasteiger partial charge in [0.05, 0.1) is 5.02 Å². The first-order chi connectivity index (χ1) is 13.4. The minimum Gasteiger partial charge on any atom is -0.271 e. The van der Waals surface area contributed by atoms with Gasteiger partial charge in [-0.3, -0.25) is 14.7 Å². The highest BCUT2D eigenvalue weighted by Gasteiger charge is 2.49. The Hall–Kier alpha value is -1.75. The predicted octanol–water partition coefficient (Wildman–Crippen LogP) is 6.23. The van der Waals surface area contributed by atoms with Gasteiger partial charge in [0.25, 0.3) is 5.91 Å². The van der Waals surface area contributed by atoms with Crippen LogP contribution < -0.4 is 0 Å². The normalized spacial score (nSPS) is 18.5. The summed E-state index contributed by atoms with van der Waals surface area (Å²) >= 11 is 18.3. The topological polar surface area (TPSA) is 32.7 Å². The van der Waals surface area contributed by atoms with Gasteiger partial charge in [0, 0.05) is 16.1 Å². The summed E-state index contributed by atoms with van der Waals surface area (Å²) in [6.07, 6.45) is 4.80. The van der Waals surface area contributed by atoms with E-state index in [4.69, 9.17) is 40.4 Å². The highest BCUT2D eigenvalue weighted by molar-refractivity contribution is 7.82. The average molecular weight is 431 g/mol. The van der Waals surface area contributed by atoms with Crippen LogP contribution in [-0.4, -0.2) is 27.2 Å². The summed E-state index contributed by atoms with van der Waals surface area (Å²) in [6, 6.07) is 12.9. The van der Waals surface area contributed by atoms with E-state index in [2.05, 4.69) is 0 Å². The smallest absolute Gasteiger partial charge is 0.260 e. The number of hydrogen-bond donors (Lipinski definition) is 0. The second kappa shape index (κ2) is 7.58. The Morgan fingerprint density at radius 1 is 1.07 bits per heavy atom. The molecule has 0 N–H and O–H groups in total. The van der Waals surface area contributed by atoms with Gasteiger partial charge in [-0.05, 0) is 62.9 Å². The summed E-state index contributed by atoms with van der Waals surface area (Å²) in [7, 11) is 0. The maximum absolute atomic E-state index is 13.5. The number of amides is 1. The quantitative estimate of drug-likeness (QED) is 0.528. The highest BCUT2D eigenvalue weighted by Crippen LogP contribution is 2.41. The molecule has 4 rings (SSSR count). The third-order valence-corrected chi connectivity index (χ3v) is 6.41. The van der Waals surface area contributed by atoms with Crippen molar-refractivity contribution in [3.63, 3.8) is 0 Å². The van der Waals surface area contributed by atoms with E-state index in [-0.39, 0.29) is 5.91 Å². The van der Waals surface area contributed by atoms with E-state index < -0.39 is 5.66 Å². The molecule has 1 fully saturated rings. The SMILES string of the molecule is Cc1ccc(C(=O)N2C(=S)C(c3ccc(Cl)cc3Cl)=NC23CCCCC3)cc1. The number of nitrogens with zero attached hydrogens (tertiary/aromatic N) is 2. The zero-order valence-corrected chi connectivity index (χ0v) is 17.9. The van der Waals surface area contributed by atoms with Crippen molar-refractivity contribution in [2.75, 3.05) is 0 Å². The monoisotopic (exact) mass is 430 g/mol. The van der Waals surface area contributed by atoms with Gasteiger partial charge in [-0.1, -0.05) is 59.5 Å². The Kier molecular flexibility index (Phi) is 5.30. The molecule has 6 heteroatoms. The fraction of sp³-hybridized carbons (Fsp3) is 0.318. The van der Waals surface area contributed by atoms with Gasteiger partial charge in [0.1, 0.15) is 16.4 Å². The fourth-order valence-electron chi connectivity index (χ4n) is 4.02. The van der Waals surface area contributed by atoms with Crippen LogP contribution in [0.25, 0.3) is 0 Å². The molecule has 0 aromatic heterocycles. The van der Waals surface area contributed by atoms with Crippen LogP contribution in [0.1, 0.15) is 53.6 Å². The molecule has 1 saturated carbocycles. The van der Waals surface area contributed by atoms with Crippen molar-refractivity contribution in [2.24, 2.45) is 4.99 Å². The molecule has 2 aromatic rings. The molecule has 0 atom stereocenters. The van der Waals surface area contributed by atoms with Crippen LogP contribution in [0.5, 0.6) is 0 Å². The standard InChI is InChI=1S/C22H20Cl2N2OS/c1-14-5-7-15(8-6-14)20(27)26-21(28)19(17-10-9-16(23)13-18(17)24)25-22(26)11-3-2-4-12-22/h5-10,13H,2-4,11-12H2,1H3. The van der Waals surface area contributed by atoms with Crippen molar-refractivity contribution in [1.29, 1.82) is 0 Å². The molecule has 1 aliphatic carbocycles. The summed E-state index contributed by atoms with van der Waals surface area (Å²) in [6.45, 7) is 2.00. The molecule has 0 radical (unpaired) electrons. The van der Waals surface area contributed by atoms with Crippen molar-refractivity contribution in [2.45, 2.75) is 44.7 Å². The number of aliphatic imine (C=N–C) groups is 1. The number of benzene rings is 2. The van der Waals surface area contributed by atoms with Crippen LogP contribution in [0.2, 0.25) is 10.0 Å². The van der Waals surface area contributed by atoms with Crippen LogP contribution in [0.3, 0.4) is 0 Å². The number of carbonyl (C=O) groups excluding carboxylic acids is 1. The van der Waals surface area contributed by atoms with Crippen LogP contribution >= 0.6 is 35.4 Å². The molecule has 0 saturated heterocycles. The van der Waals surface area contributed by atoms with Gasteiger partial charge >= 0.3 is 0 Å². The molecule has 144 valence electrons. The number of aryl methyl sites for hydroxylation is 1. The van der Waals surface area contributed by atoms with Crippen LogP contribution in [-0.2, 0) is 0 Å². The number of carbonyl (C=O) groups is 1. The summed E-state index contributed by atoms with van der Waals surface area (Å²) in [4.78, 5) is 20.7. The van der Waals surface area contributed by atoms with Gasteiger partial charge in [-0.2, -0.15) is 0 Å². The van der Waals surface area contributed by atoms with E-state index in [0.29, 0.717) is 26.3 Å². The first kappa shape index (κ1) is 19.6. The first-order valence-electron chi connectivity index (χ1n) is 9.42. The van der Waals surface area contributed by atoms with Gasteiger partial charge < -0.3 is 0 Å². The van der Waals surface area contributed by atoms with Gasteiger partial charge in [-0.25, -0.2) is 0 Å².